The summed E-state index contributed by atoms with van der Waals surface area (Å²) in [6, 6.07) is 3.49. The highest BCUT2D eigenvalue weighted by atomic mass is 79.9. The Hall–Kier alpha value is -0.900. The third kappa shape index (κ3) is 1.64. The molecule has 0 spiro atoms. The normalized spacial score (nSPS) is 9.58. The molecule has 1 aromatic rings. The molecule has 0 atom stereocenters. The van der Waals surface area contributed by atoms with Crippen LogP contribution in [0, 0.1) is 0 Å². The maximum Gasteiger partial charge on any atom is 0.138 e. The van der Waals surface area contributed by atoms with E-state index in [9.17, 15) is 0 Å². The average molecular weight is 232 g/mol. The van der Waals surface area contributed by atoms with E-state index in [1.807, 2.05) is 0 Å². The number of nitrogens with two attached hydrogens (primary N) is 1. The molecule has 3 nitrogen and oxygen atoms in total. The molecular weight excluding hydrogens is 222 g/mol. The van der Waals surface area contributed by atoms with Crippen LogP contribution < -0.4 is 15.2 Å². The standard InChI is InChI=1S/C8H10BrNO2/c1-11-5-3-6(10)8(9)7(4-5)12-2/h3-4H,10H2,1-2H3. The molecule has 0 heterocycles. The Morgan fingerprint density at radius 1 is 1.25 bits per heavy atom. The molecule has 0 aliphatic carbocycles. The highest BCUT2D eigenvalue weighted by molar-refractivity contribution is 9.10. The molecule has 2 N–H and O–H groups in total. The van der Waals surface area contributed by atoms with Crippen LogP contribution in [0.4, 0.5) is 5.69 Å². The summed E-state index contributed by atoms with van der Waals surface area (Å²) in [5.74, 6) is 1.36. The first kappa shape index (κ1) is 9.19. The van der Waals surface area contributed by atoms with Crippen LogP contribution in [-0.4, -0.2) is 14.2 Å². The smallest absolute Gasteiger partial charge is 0.138 e. The van der Waals surface area contributed by atoms with Crippen molar-refractivity contribution in [2.24, 2.45) is 0 Å². The molecule has 4 heteroatoms. The number of benzene rings is 1. The first-order chi connectivity index (χ1) is 5.69. The highest BCUT2D eigenvalue weighted by Gasteiger charge is 2.06. The van der Waals surface area contributed by atoms with E-state index in [2.05, 4.69) is 15.9 Å². The van der Waals surface area contributed by atoms with E-state index in [4.69, 9.17) is 15.2 Å². The summed E-state index contributed by atoms with van der Waals surface area (Å²) in [7, 11) is 3.17. The van der Waals surface area contributed by atoms with E-state index < -0.39 is 0 Å². The molecule has 66 valence electrons. The topological polar surface area (TPSA) is 44.5 Å². The summed E-state index contributed by atoms with van der Waals surface area (Å²) >= 11 is 3.30. The lowest BCUT2D eigenvalue weighted by Gasteiger charge is -2.08. The van der Waals surface area contributed by atoms with Gasteiger partial charge in [0.2, 0.25) is 0 Å². The monoisotopic (exact) mass is 231 g/mol. The summed E-state index contributed by atoms with van der Waals surface area (Å²) in [5, 5.41) is 0. The van der Waals surface area contributed by atoms with Gasteiger partial charge < -0.3 is 15.2 Å². The van der Waals surface area contributed by atoms with E-state index in [-0.39, 0.29) is 0 Å². The molecule has 0 amide bonds. The zero-order chi connectivity index (χ0) is 9.14. The van der Waals surface area contributed by atoms with Gasteiger partial charge in [0.1, 0.15) is 11.5 Å². The van der Waals surface area contributed by atoms with Gasteiger partial charge in [-0.05, 0) is 15.9 Å². The Bertz CT molecular complexity index is 289. The molecule has 0 saturated carbocycles. The predicted octanol–water partition coefficient (Wildman–Crippen LogP) is 2.05. The highest BCUT2D eigenvalue weighted by Crippen LogP contribution is 2.34. The number of hydrogen-bond acceptors (Lipinski definition) is 3. The third-order valence-corrected chi connectivity index (χ3v) is 2.35. The summed E-state index contributed by atoms with van der Waals surface area (Å²) < 4.78 is 10.8. The van der Waals surface area contributed by atoms with Crippen LogP contribution >= 0.6 is 15.9 Å². The molecule has 0 aliphatic rings. The molecule has 0 radical (unpaired) electrons. The van der Waals surface area contributed by atoms with Crippen molar-refractivity contribution in [1.29, 1.82) is 0 Å². The van der Waals surface area contributed by atoms with Gasteiger partial charge >= 0.3 is 0 Å². The van der Waals surface area contributed by atoms with Crippen LogP contribution in [0.5, 0.6) is 11.5 Å². The van der Waals surface area contributed by atoms with Crippen LogP contribution in [0.1, 0.15) is 0 Å². The molecule has 1 rings (SSSR count). The van der Waals surface area contributed by atoms with Gasteiger partial charge in [0.25, 0.3) is 0 Å². The maximum absolute atomic E-state index is 5.67. The van der Waals surface area contributed by atoms with Gasteiger partial charge in [0.05, 0.1) is 24.4 Å². The lowest BCUT2D eigenvalue weighted by atomic mass is 10.3. The Morgan fingerprint density at radius 3 is 2.42 bits per heavy atom. The van der Waals surface area contributed by atoms with Gasteiger partial charge in [-0.2, -0.15) is 0 Å². The summed E-state index contributed by atoms with van der Waals surface area (Å²) in [6.45, 7) is 0. The number of ether oxygens (including phenoxy) is 2. The number of hydrogen-bond donors (Lipinski definition) is 1. The van der Waals surface area contributed by atoms with Crippen LogP contribution in [0.25, 0.3) is 0 Å². The summed E-state index contributed by atoms with van der Waals surface area (Å²) in [5.41, 5.74) is 6.27. The molecule has 0 aromatic heterocycles. The van der Waals surface area contributed by atoms with Crippen molar-refractivity contribution in [3.8, 4) is 11.5 Å². The molecule has 0 bridgehead atoms. The fourth-order valence-corrected chi connectivity index (χ4v) is 1.25. The quantitative estimate of drug-likeness (QED) is 0.793. The van der Waals surface area contributed by atoms with Gasteiger partial charge in [-0.3, -0.25) is 0 Å². The van der Waals surface area contributed by atoms with Crippen molar-refractivity contribution >= 4 is 21.6 Å². The molecule has 0 saturated heterocycles. The second-order valence-electron chi connectivity index (χ2n) is 2.23. The van der Waals surface area contributed by atoms with E-state index in [1.165, 1.54) is 0 Å². The zero-order valence-corrected chi connectivity index (χ0v) is 8.51. The van der Waals surface area contributed by atoms with Gasteiger partial charge in [-0.25, -0.2) is 0 Å². The largest absolute Gasteiger partial charge is 0.497 e. The molecule has 0 aliphatic heterocycles. The maximum atomic E-state index is 5.67. The average Bonchev–Trinajstić information content (AvgIpc) is 2.09. The molecular formula is C8H10BrNO2. The summed E-state index contributed by atoms with van der Waals surface area (Å²) in [6.07, 6.45) is 0. The van der Waals surface area contributed by atoms with Crippen LogP contribution in [0.15, 0.2) is 16.6 Å². The number of methoxy groups -OCH3 is 2. The van der Waals surface area contributed by atoms with Crippen molar-refractivity contribution in [3.05, 3.63) is 16.6 Å². The lowest BCUT2D eigenvalue weighted by molar-refractivity contribution is 0.393. The fraction of sp³-hybridized carbons (Fsp3) is 0.250. The van der Waals surface area contributed by atoms with Gasteiger partial charge in [-0.15, -0.1) is 0 Å². The van der Waals surface area contributed by atoms with Crippen LogP contribution in [0.2, 0.25) is 0 Å². The SMILES string of the molecule is COc1cc(N)c(Br)c(OC)c1. The van der Waals surface area contributed by atoms with Crippen LogP contribution in [0.3, 0.4) is 0 Å². The molecule has 0 unspecified atom stereocenters. The molecule has 1 aromatic carbocycles. The Labute approximate surface area is 79.6 Å². The van der Waals surface area contributed by atoms with Gasteiger partial charge in [0.15, 0.2) is 0 Å². The van der Waals surface area contributed by atoms with E-state index >= 15 is 0 Å². The minimum Gasteiger partial charge on any atom is -0.497 e. The van der Waals surface area contributed by atoms with Gasteiger partial charge in [0, 0.05) is 12.1 Å². The van der Waals surface area contributed by atoms with Crippen molar-refractivity contribution in [1.82, 2.24) is 0 Å². The van der Waals surface area contributed by atoms with Crippen LogP contribution in [-0.2, 0) is 0 Å². The second kappa shape index (κ2) is 3.67. The van der Waals surface area contributed by atoms with Crippen molar-refractivity contribution < 1.29 is 9.47 Å². The fourth-order valence-electron chi connectivity index (χ4n) is 0.860. The first-order valence-electron chi connectivity index (χ1n) is 3.36. The molecule has 0 fully saturated rings. The Kier molecular flexibility index (Phi) is 2.81. The van der Waals surface area contributed by atoms with E-state index in [0.29, 0.717) is 17.2 Å². The Morgan fingerprint density at radius 2 is 1.92 bits per heavy atom. The molecule has 12 heavy (non-hydrogen) atoms. The van der Waals surface area contributed by atoms with E-state index in [1.54, 1.807) is 26.4 Å². The number of halogens is 1. The first-order valence-corrected chi connectivity index (χ1v) is 4.15. The van der Waals surface area contributed by atoms with E-state index in [0.717, 1.165) is 4.47 Å². The number of anilines is 1. The Balaban J connectivity index is 3.19. The minimum absolute atomic E-state index is 0.603. The van der Waals surface area contributed by atoms with Crippen molar-refractivity contribution in [2.75, 3.05) is 20.0 Å². The predicted molar refractivity (Wildman–Crippen MR) is 51.7 cm³/mol. The zero-order valence-electron chi connectivity index (χ0n) is 6.93. The second-order valence-corrected chi connectivity index (χ2v) is 3.03. The van der Waals surface area contributed by atoms with Crippen molar-refractivity contribution in [2.45, 2.75) is 0 Å². The van der Waals surface area contributed by atoms with Crippen molar-refractivity contribution in [3.63, 3.8) is 0 Å². The number of nitrogen functional groups attached to an aromatic ring is 1. The lowest BCUT2D eigenvalue weighted by Crippen LogP contribution is -1.93. The van der Waals surface area contributed by atoms with Gasteiger partial charge in [-0.1, -0.05) is 0 Å². The third-order valence-electron chi connectivity index (χ3n) is 1.50. The summed E-state index contributed by atoms with van der Waals surface area (Å²) in [4.78, 5) is 0. The number of rotatable bonds is 2. The minimum atomic E-state index is 0.603.